The van der Waals surface area contributed by atoms with E-state index in [1.165, 1.54) is 7.11 Å². The monoisotopic (exact) mass is 411 g/mol. The van der Waals surface area contributed by atoms with Gasteiger partial charge >= 0.3 is 5.97 Å². The number of rotatable bonds is 6. The zero-order valence-electron chi connectivity index (χ0n) is 17.8. The molecule has 0 saturated carbocycles. The minimum atomic E-state index is -0.444. The van der Waals surface area contributed by atoms with Crippen molar-refractivity contribution in [3.63, 3.8) is 0 Å². The summed E-state index contributed by atoms with van der Waals surface area (Å²) in [5.41, 5.74) is 3.19. The number of nitrogens with one attached hydrogen (secondary N) is 2. The zero-order valence-corrected chi connectivity index (χ0v) is 17.8. The molecule has 2 aromatic rings. The van der Waals surface area contributed by atoms with E-state index < -0.39 is 5.97 Å². The molecule has 2 N–H and O–H groups in total. The number of ether oxygens (including phenoxy) is 1. The molecule has 0 unspecified atom stereocenters. The summed E-state index contributed by atoms with van der Waals surface area (Å²) < 4.78 is 4.81. The van der Waals surface area contributed by atoms with Crippen molar-refractivity contribution in [2.45, 2.75) is 39.7 Å². The fraction of sp³-hybridized carbons (Fsp3) is 0.435. The molecule has 1 aromatic heterocycles. The highest BCUT2D eigenvalue weighted by molar-refractivity contribution is 6.00. The Balaban J connectivity index is 1.51. The molecule has 1 aromatic carbocycles. The van der Waals surface area contributed by atoms with E-state index in [-0.39, 0.29) is 17.7 Å². The van der Waals surface area contributed by atoms with Crippen molar-refractivity contribution in [3.05, 3.63) is 58.4 Å². The predicted molar refractivity (Wildman–Crippen MR) is 113 cm³/mol. The second-order valence-electron chi connectivity index (χ2n) is 7.82. The van der Waals surface area contributed by atoms with E-state index in [0.29, 0.717) is 48.6 Å². The molecular formula is C23H29N3O4. The van der Waals surface area contributed by atoms with Gasteiger partial charge in [0, 0.05) is 31.7 Å². The quantitative estimate of drug-likeness (QED) is 0.715. The van der Waals surface area contributed by atoms with Crippen LogP contribution in [-0.4, -0.2) is 47.9 Å². The number of methoxy groups -OCH3 is 1. The van der Waals surface area contributed by atoms with Crippen LogP contribution in [0, 0.1) is 19.8 Å². The number of carbonyl (C=O) groups is 3. The minimum absolute atomic E-state index is 0.0437. The Hall–Kier alpha value is -3.09. The van der Waals surface area contributed by atoms with Gasteiger partial charge in [-0.3, -0.25) is 9.59 Å². The SMILES string of the molecule is COC(=O)c1c(C)[nH]c(C(=O)N2CCC(CC(=O)NCc3ccccc3)CC2)c1C. The number of likely N-dealkylation sites (tertiary alicyclic amines) is 1. The fourth-order valence-electron chi connectivity index (χ4n) is 4.00. The number of aryl methyl sites for hydroxylation is 1. The van der Waals surface area contributed by atoms with Crippen molar-refractivity contribution in [2.75, 3.05) is 20.2 Å². The lowest BCUT2D eigenvalue weighted by atomic mass is 9.93. The lowest BCUT2D eigenvalue weighted by Gasteiger charge is -2.31. The topological polar surface area (TPSA) is 91.5 Å². The number of hydrogen-bond acceptors (Lipinski definition) is 4. The van der Waals surface area contributed by atoms with E-state index in [1.807, 2.05) is 30.3 Å². The third-order valence-corrected chi connectivity index (χ3v) is 5.75. The highest BCUT2D eigenvalue weighted by Gasteiger charge is 2.29. The summed E-state index contributed by atoms with van der Waals surface area (Å²) in [5, 5.41) is 2.97. The largest absolute Gasteiger partial charge is 0.465 e. The van der Waals surface area contributed by atoms with E-state index in [0.717, 1.165) is 18.4 Å². The molecule has 0 atom stereocenters. The fourth-order valence-corrected chi connectivity index (χ4v) is 4.00. The summed E-state index contributed by atoms with van der Waals surface area (Å²) in [4.78, 5) is 42.0. The lowest BCUT2D eigenvalue weighted by molar-refractivity contribution is -0.122. The lowest BCUT2D eigenvalue weighted by Crippen LogP contribution is -2.40. The summed E-state index contributed by atoms with van der Waals surface area (Å²) in [6, 6.07) is 9.83. The van der Waals surface area contributed by atoms with Crippen molar-refractivity contribution >= 4 is 17.8 Å². The van der Waals surface area contributed by atoms with Crippen LogP contribution < -0.4 is 5.32 Å². The number of aromatic nitrogens is 1. The summed E-state index contributed by atoms with van der Waals surface area (Å²) in [5.74, 6) is -0.248. The Morgan fingerprint density at radius 1 is 1.13 bits per heavy atom. The molecule has 7 heteroatoms. The number of H-pyrrole nitrogens is 1. The molecule has 1 saturated heterocycles. The molecule has 0 radical (unpaired) electrons. The van der Waals surface area contributed by atoms with E-state index in [9.17, 15) is 14.4 Å². The molecule has 1 fully saturated rings. The van der Waals surface area contributed by atoms with Gasteiger partial charge in [0.25, 0.3) is 5.91 Å². The first kappa shape index (κ1) is 21.6. The smallest absolute Gasteiger partial charge is 0.339 e. The number of esters is 1. The third-order valence-electron chi connectivity index (χ3n) is 5.75. The van der Waals surface area contributed by atoms with Crippen molar-refractivity contribution < 1.29 is 19.1 Å². The van der Waals surface area contributed by atoms with Crippen LogP contribution in [0.3, 0.4) is 0 Å². The van der Waals surface area contributed by atoms with Gasteiger partial charge in [-0.25, -0.2) is 4.79 Å². The van der Waals surface area contributed by atoms with Crippen molar-refractivity contribution in [1.29, 1.82) is 0 Å². The van der Waals surface area contributed by atoms with Crippen molar-refractivity contribution in [1.82, 2.24) is 15.2 Å². The van der Waals surface area contributed by atoms with Gasteiger partial charge in [-0.2, -0.15) is 0 Å². The average Bonchev–Trinajstić information content (AvgIpc) is 3.06. The van der Waals surface area contributed by atoms with Crippen LogP contribution in [0.1, 0.15) is 56.9 Å². The van der Waals surface area contributed by atoms with Gasteiger partial charge in [-0.15, -0.1) is 0 Å². The van der Waals surface area contributed by atoms with E-state index >= 15 is 0 Å². The average molecular weight is 412 g/mol. The Kier molecular flexibility index (Phi) is 6.92. The van der Waals surface area contributed by atoms with Crippen LogP contribution in [0.25, 0.3) is 0 Å². The van der Waals surface area contributed by atoms with Gasteiger partial charge in [0.05, 0.1) is 12.7 Å². The normalized spacial score (nSPS) is 14.4. The van der Waals surface area contributed by atoms with Crippen LogP contribution >= 0.6 is 0 Å². The number of amides is 2. The number of nitrogens with zero attached hydrogens (tertiary/aromatic N) is 1. The molecular weight excluding hydrogens is 382 g/mol. The van der Waals surface area contributed by atoms with Gasteiger partial charge in [0.15, 0.2) is 0 Å². The van der Waals surface area contributed by atoms with E-state index in [1.54, 1.807) is 18.7 Å². The molecule has 30 heavy (non-hydrogen) atoms. The second kappa shape index (κ2) is 9.61. The molecule has 0 aliphatic carbocycles. The number of benzene rings is 1. The van der Waals surface area contributed by atoms with Crippen molar-refractivity contribution in [2.24, 2.45) is 5.92 Å². The van der Waals surface area contributed by atoms with E-state index in [4.69, 9.17) is 4.74 Å². The molecule has 0 bridgehead atoms. The van der Waals surface area contributed by atoms with E-state index in [2.05, 4.69) is 10.3 Å². The predicted octanol–water partition coefficient (Wildman–Crippen LogP) is 2.98. The first-order chi connectivity index (χ1) is 14.4. The van der Waals surface area contributed by atoms with Crippen LogP contribution in [0.15, 0.2) is 30.3 Å². The minimum Gasteiger partial charge on any atom is -0.465 e. The van der Waals surface area contributed by atoms with Gasteiger partial charge in [0.2, 0.25) is 5.91 Å². The molecule has 160 valence electrons. The maximum absolute atomic E-state index is 12.9. The Bertz CT molecular complexity index is 912. The third kappa shape index (κ3) is 4.90. The van der Waals surface area contributed by atoms with Gasteiger partial charge < -0.3 is 19.9 Å². The first-order valence-corrected chi connectivity index (χ1v) is 10.3. The standard InChI is InChI=1S/C23H29N3O4/c1-15-20(23(29)30-3)16(2)25-21(15)22(28)26-11-9-17(10-12-26)13-19(27)24-14-18-7-5-4-6-8-18/h4-8,17,25H,9-14H2,1-3H3,(H,24,27). The first-order valence-electron chi connectivity index (χ1n) is 10.3. The van der Waals surface area contributed by atoms with Crippen LogP contribution in [0.2, 0.25) is 0 Å². The Morgan fingerprint density at radius 3 is 2.43 bits per heavy atom. The van der Waals surface area contributed by atoms with Crippen LogP contribution in [0.4, 0.5) is 0 Å². The molecule has 2 heterocycles. The molecule has 7 nitrogen and oxygen atoms in total. The Morgan fingerprint density at radius 2 is 1.80 bits per heavy atom. The maximum Gasteiger partial charge on any atom is 0.339 e. The highest BCUT2D eigenvalue weighted by Crippen LogP contribution is 2.25. The number of carbonyl (C=O) groups excluding carboxylic acids is 3. The molecule has 0 spiro atoms. The molecule has 2 amide bonds. The van der Waals surface area contributed by atoms with Crippen LogP contribution in [-0.2, 0) is 16.1 Å². The second-order valence-corrected chi connectivity index (χ2v) is 7.82. The van der Waals surface area contributed by atoms with Gasteiger partial charge in [-0.05, 0) is 43.7 Å². The number of hydrogen-bond donors (Lipinski definition) is 2. The Labute approximate surface area is 176 Å². The maximum atomic E-state index is 12.9. The zero-order chi connectivity index (χ0) is 21.7. The summed E-state index contributed by atoms with van der Waals surface area (Å²) in [6.45, 7) is 5.25. The number of aromatic amines is 1. The molecule has 3 rings (SSSR count). The van der Waals surface area contributed by atoms with Crippen LogP contribution in [0.5, 0.6) is 0 Å². The van der Waals surface area contributed by atoms with Gasteiger partial charge in [-0.1, -0.05) is 30.3 Å². The molecule has 1 aliphatic rings. The summed E-state index contributed by atoms with van der Waals surface area (Å²) >= 11 is 0. The van der Waals surface area contributed by atoms with Gasteiger partial charge in [0.1, 0.15) is 5.69 Å². The van der Waals surface area contributed by atoms with Crippen molar-refractivity contribution in [3.8, 4) is 0 Å². The summed E-state index contributed by atoms with van der Waals surface area (Å²) in [6.07, 6.45) is 2.04. The number of piperidine rings is 1. The molecule has 1 aliphatic heterocycles. The summed E-state index contributed by atoms with van der Waals surface area (Å²) in [7, 11) is 1.33. The highest BCUT2D eigenvalue weighted by atomic mass is 16.5.